The van der Waals surface area contributed by atoms with Gasteiger partial charge in [-0.3, -0.25) is 4.99 Å². The van der Waals surface area contributed by atoms with E-state index < -0.39 is 0 Å². The average Bonchev–Trinajstić information content (AvgIpc) is 3.52. The van der Waals surface area contributed by atoms with Gasteiger partial charge in [0.15, 0.2) is 5.96 Å². The van der Waals surface area contributed by atoms with E-state index in [-0.39, 0.29) is 0 Å². The SMILES string of the molecule is CN=C(NCCN1CCCN(C)CC1)NCc1ccccc1OCC1CC1. The number of para-hydroxylation sites is 1. The molecule has 0 bridgehead atoms. The molecule has 1 saturated heterocycles. The van der Waals surface area contributed by atoms with Crippen molar-refractivity contribution in [3.05, 3.63) is 29.8 Å². The highest BCUT2D eigenvalue weighted by molar-refractivity contribution is 5.79. The first-order chi connectivity index (χ1) is 13.2. The van der Waals surface area contributed by atoms with Crippen LogP contribution in [0.2, 0.25) is 0 Å². The Morgan fingerprint density at radius 3 is 2.81 bits per heavy atom. The first-order valence-corrected chi connectivity index (χ1v) is 10.3. The molecule has 0 unspecified atom stereocenters. The average molecular weight is 374 g/mol. The molecule has 6 nitrogen and oxygen atoms in total. The number of benzene rings is 1. The Bertz CT molecular complexity index is 602. The third kappa shape index (κ3) is 7.03. The van der Waals surface area contributed by atoms with Gasteiger partial charge in [0.1, 0.15) is 5.75 Å². The second kappa shape index (κ2) is 10.5. The quantitative estimate of drug-likeness (QED) is 0.537. The zero-order valence-corrected chi connectivity index (χ0v) is 16.9. The maximum absolute atomic E-state index is 6.00. The first kappa shape index (κ1) is 20.0. The third-order valence-electron chi connectivity index (χ3n) is 5.35. The number of nitrogens with one attached hydrogen (secondary N) is 2. The summed E-state index contributed by atoms with van der Waals surface area (Å²) in [6.45, 7) is 8.21. The van der Waals surface area contributed by atoms with E-state index in [9.17, 15) is 0 Å². The van der Waals surface area contributed by atoms with Crippen molar-refractivity contribution in [1.82, 2.24) is 20.4 Å². The van der Waals surface area contributed by atoms with Crippen LogP contribution in [0.5, 0.6) is 5.75 Å². The lowest BCUT2D eigenvalue weighted by molar-refractivity contribution is 0.280. The molecular formula is C21H35N5O. The minimum absolute atomic E-state index is 0.717. The largest absolute Gasteiger partial charge is 0.493 e. The van der Waals surface area contributed by atoms with Gasteiger partial charge in [0, 0.05) is 45.3 Å². The Hall–Kier alpha value is -1.79. The fourth-order valence-corrected chi connectivity index (χ4v) is 3.34. The van der Waals surface area contributed by atoms with Gasteiger partial charge in [-0.05, 0) is 51.4 Å². The van der Waals surface area contributed by atoms with Crippen LogP contribution in [0, 0.1) is 5.92 Å². The van der Waals surface area contributed by atoms with Gasteiger partial charge < -0.3 is 25.2 Å². The molecule has 0 spiro atoms. The van der Waals surface area contributed by atoms with Crippen molar-refractivity contribution in [3.8, 4) is 5.75 Å². The Kier molecular flexibility index (Phi) is 7.78. The van der Waals surface area contributed by atoms with Crippen molar-refractivity contribution in [2.75, 3.05) is 60.0 Å². The molecule has 0 atom stereocenters. The number of hydrogen-bond acceptors (Lipinski definition) is 4. The van der Waals surface area contributed by atoms with Gasteiger partial charge in [-0.1, -0.05) is 18.2 Å². The van der Waals surface area contributed by atoms with E-state index in [1.54, 1.807) is 0 Å². The molecule has 1 aliphatic carbocycles. The fourth-order valence-electron chi connectivity index (χ4n) is 3.34. The van der Waals surface area contributed by atoms with Crippen LogP contribution >= 0.6 is 0 Å². The van der Waals surface area contributed by atoms with Crippen LogP contribution in [0.25, 0.3) is 0 Å². The predicted molar refractivity (Wildman–Crippen MR) is 111 cm³/mol. The lowest BCUT2D eigenvalue weighted by Crippen LogP contribution is -2.42. The highest BCUT2D eigenvalue weighted by atomic mass is 16.5. The van der Waals surface area contributed by atoms with Crippen LogP contribution in [-0.4, -0.2) is 75.7 Å². The number of hydrogen-bond donors (Lipinski definition) is 2. The molecule has 1 saturated carbocycles. The highest BCUT2D eigenvalue weighted by Crippen LogP contribution is 2.30. The maximum Gasteiger partial charge on any atom is 0.191 e. The molecule has 3 rings (SSSR count). The number of rotatable bonds is 8. The molecule has 1 heterocycles. The predicted octanol–water partition coefficient (Wildman–Crippen LogP) is 1.78. The lowest BCUT2D eigenvalue weighted by atomic mass is 10.2. The molecule has 0 radical (unpaired) electrons. The van der Waals surface area contributed by atoms with Crippen LogP contribution < -0.4 is 15.4 Å². The van der Waals surface area contributed by atoms with E-state index in [1.165, 1.54) is 37.9 Å². The van der Waals surface area contributed by atoms with E-state index in [4.69, 9.17) is 4.74 Å². The molecule has 150 valence electrons. The summed E-state index contributed by atoms with van der Waals surface area (Å²) in [7, 11) is 4.03. The van der Waals surface area contributed by atoms with E-state index in [2.05, 4.69) is 50.7 Å². The molecule has 1 aromatic rings. The Morgan fingerprint density at radius 2 is 2.00 bits per heavy atom. The first-order valence-electron chi connectivity index (χ1n) is 10.3. The van der Waals surface area contributed by atoms with Gasteiger partial charge in [-0.15, -0.1) is 0 Å². The number of likely N-dealkylation sites (N-methyl/N-ethyl adjacent to an activating group) is 1. The zero-order chi connectivity index (χ0) is 18.9. The van der Waals surface area contributed by atoms with Crippen LogP contribution in [0.1, 0.15) is 24.8 Å². The summed E-state index contributed by atoms with van der Waals surface area (Å²) in [6, 6.07) is 8.28. The standard InChI is InChI=1S/C21H35N5O/c1-22-21(23-10-13-26-12-5-11-25(2)14-15-26)24-16-19-6-3-4-7-20(19)27-17-18-8-9-18/h3-4,6-7,18H,5,8-17H2,1-2H3,(H2,22,23,24). The Morgan fingerprint density at radius 1 is 1.15 bits per heavy atom. The van der Waals surface area contributed by atoms with Gasteiger partial charge >= 0.3 is 0 Å². The fraction of sp³-hybridized carbons (Fsp3) is 0.667. The van der Waals surface area contributed by atoms with Crippen molar-refractivity contribution in [2.24, 2.45) is 10.9 Å². The molecule has 6 heteroatoms. The molecule has 27 heavy (non-hydrogen) atoms. The number of aliphatic imine (C=N–C) groups is 1. The second-order valence-electron chi connectivity index (χ2n) is 7.71. The summed E-state index contributed by atoms with van der Waals surface area (Å²) in [5.74, 6) is 2.60. The Balaban J connectivity index is 1.40. The number of ether oxygens (including phenoxy) is 1. The molecule has 2 fully saturated rings. The summed E-state index contributed by atoms with van der Waals surface area (Å²) in [6.07, 6.45) is 3.87. The van der Waals surface area contributed by atoms with Crippen molar-refractivity contribution in [1.29, 1.82) is 0 Å². The van der Waals surface area contributed by atoms with E-state index in [1.807, 2.05) is 13.1 Å². The summed E-state index contributed by atoms with van der Waals surface area (Å²) in [5.41, 5.74) is 1.18. The summed E-state index contributed by atoms with van der Waals surface area (Å²) < 4.78 is 6.00. The van der Waals surface area contributed by atoms with Crippen LogP contribution in [0.3, 0.4) is 0 Å². The lowest BCUT2D eigenvalue weighted by Gasteiger charge is -2.21. The van der Waals surface area contributed by atoms with Gasteiger partial charge in [-0.2, -0.15) is 0 Å². The minimum Gasteiger partial charge on any atom is -0.493 e. The minimum atomic E-state index is 0.717. The van der Waals surface area contributed by atoms with E-state index >= 15 is 0 Å². The molecule has 2 aliphatic rings. The molecule has 1 aromatic carbocycles. The molecule has 2 N–H and O–H groups in total. The van der Waals surface area contributed by atoms with E-state index in [0.29, 0.717) is 0 Å². The molecular weight excluding hydrogens is 338 g/mol. The van der Waals surface area contributed by atoms with E-state index in [0.717, 1.165) is 57.0 Å². The molecule has 1 aliphatic heterocycles. The van der Waals surface area contributed by atoms with Crippen molar-refractivity contribution >= 4 is 5.96 Å². The Labute approximate surface area is 164 Å². The smallest absolute Gasteiger partial charge is 0.191 e. The third-order valence-corrected chi connectivity index (χ3v) is 5.35. The topological polar surface area (TPSA) is 52.1 Å². The van der Waals surface area contributed by atoms with Gasteiger partial charge in [0.05, 0.1) is 6.61 Å². The normalized spacial score (nSPS) is 19.6. The van der Waals surface area contributed by atoms with Crippen LogP contribution in [-0.2, 0) is 6.54 Å². The summed E-state index contributed by atoms with van der Waals surface area (Å²) in [4.78, 5) is 9.30. The van der Waals surface area contributed by atoms with Gasteiger partial charge in [0.2, 0.25) is 0 Å². The van der Waals surface area contributed by atoms with Gasteiger partial charge in [-0.25, -0.2) is 0 Å². The zero-order valence-electron chi connectivity index (χ0n) is 16.9. The van der Waals surface area contributed by atoms with Gasteiger partial charge in [0.25, 0.3) is 0 Å². The number of guanidine groups is 1. The monoisotopic (exact) mass is 373 g/mol. The summed E-state index contributed by atoms with van der Waals surface area (Å²) in [5, 5.41) is 6.86. The molecule has 0 amide bonds. The number of nitrogens with zero attached hydrogens (tertiary/aromatic N) is 3. The second-order valence-corrected chi connectivity index (χ2v) is 7.71. The summed E-state index contributed by atoms with van der Waals surface area (Å²) >= 11 is 0. The van der Waals surface area contributed by atoms with Crippen LogP contribution in [0.4, 0.5) is 0 Å². The van der Waals surface area contributed by atoms with Crippen LogP contribution in [0.15, 0.2) is 29.3 Å². The highest BCUT2D eigenvalue weighted by Gasteiger charge is 2.22. The molecule has 0 aromatic heterocycles. The van der Waals surface area contributed by atoms with Crippen molar-refractivity contribution in [3.63, 3.8) is 0 Å². The maximum atomic E-state index is 6.00. The van der Waals surface area contributed by atoms with Crippen molar-refractivity contribution in [2.45, 2.75) is 25.8 Å². The van der Waals surface area contributed by atoms with Crippen molar-refractivity contribution < 1.29 is 4.74 Å².